The Bertz CT molecular complexity index is 790. The maximum absolute atomic E-state index is 12.3. The molecule has 106 valence electrons. The van der Waals surface area contributed by atoms with E-state index in [1.165, 1.54) is 5.56 Å². The van der Waals surface area contributed by atoms with E-state index in [0.29, 0.717) is 11.4 Å². The molecular formula is C16H16N4O. The largest absolute Gasteiger partial charge is 0.399 e. The van der Waals surface area contributed by atoms with E-state index >= 15 is 0 Å². The van der Waals surface area contributed by atoms with Crippen LogP contribution in [0.25, 0.3) is 10.9 Å². The molecule has 0 aliphatic rings. The average molecular weight is 280 g/mol. The van der Waals surface area contributed by atoms with E-state index in [1.807, 2.05) is 30.3 Å². The number of rotatable bonds is 3. The second kappa shape index (κ2) is 5.28. The number of aromatic nitrogens is 2. The van der Waals surface area contributed by atoms with Gasteiger partial charge >= 0.3 is 0 Å². The van der Waals surface area contributed by atoms with Crippen molar-refractivity contribution in [3.63, 3.8) is 0 Å². The van der Waals surface area contributed by atoms with Gasteiger partial charge in [-0.1, -0.05) is 19.1 Å². The second-order valence-electron chi connectivity index (χ2n) is 4.88. The average Bonchev–Trinajstić information content (AvgIpc) is 2.91. The van der Waals surface area contributed by atoms with Crippen molar-refractivity contribution < 1.29 is 4.79 Å². The van der Waals surface area contributed by atoms with E-state index in [2.05, 4.69) is 22.4 Å². The van der Waals surface area contributed by atoms with Crippen LogP contribution in [-0.2, 0) is 6.42 Å². The lowest BCUT2D eigenvalue weighted by molar-refractivity contribution is 0.102. The highest BCUT2D eigenvalue weighted by Crippen LogP contribution is 2.20. The number of aromatic amines is 1. The summed E-state index contributed by atoms with van der Waals surface area (Å²) in [6.45, 7) is 2.09. The number of hydrogen-bond donors (Lipinski definition) is 3. The van der Waals surface area contributed by atoms with E-state index in [0.717, 1.165) is 23.0 Å². The maximum atomic E-state index is 12.3. The molecule has 21 heavy (non-hydrogen) atoms. The Hall–Kier alpha value is -2.82. The summed E-state index contributed by atoms with van der Waals surface area (Å²) in [6, 6.07) is 13.1. The highest BCUT2D eigenvalue weighted by Gasteiger charge is 2.14. The molecule has 5 heteroatoms. The van der Waals surface area contributed by atoms with Gasteiger partial charge in [0.25, 0.3) is 5.91 Å². The van der Waals surface area contributed by atoms with Gasteiger partial charge in [-0.3, -0.25) is 9.89 Å². The van der Waals surface area contributed by atoms with Gasteiger partial charge < -0.3 is 11.1 Å². The number of carbonyl (C=O) groups excluding carboxylic acids is 1. The van der Waals surface area contributed by atoms with Gasteiger partial charge in [0, 0.05) is 16.8 Å². The molecule has 0 fully saturated rings. The summed E-state index contributed by atoms with van der Waals surface area (Å²) >= 11 is 0. The number of nitrogens with one attached hydrogen (secondary N) is 2. The topological polar surface area (TPSA) is 83.8 Å². The van der Waals surface area contributed by atoms with Crippen LogP contribution in [0.4, 0.5) is 11.4 Å². The molecule has 2 aromatic carbocycles. The third-order valence-electron chi connectivity index (χ3n) is 3.42. The molecule has 5 nitrogen and oxygen atoms in total. The molecular weight excluding hydrogens is 264 g/mol. The zero-order chi connectivity index (χ0) is 14.8. The fourth-order valence-electron chi connectivity index (χ4n) is 2.22. The van der Waals surface area contributed by atoms with Gasteiger partial charge in [-0.2, -0.15) is 5.10 Å². The summed E-state index contributed by atoms with van der Waals surface area (Å²) in [5, 5.41) is 10.5. The first-order valence-electron chi connectivity index (χ1n) is 6.81. The standard InChI is InChI=1S/C16H16N4O/c1-2-10-3-6-12(7-4-10)18-16(21)15-13-9-11(17)5-8-14(13)19-20-15/h3-9H,2,17H2,1H3,(H,18,21)(H,19,20). The molecule has 3 rings (SSSR count). The Morgan fingerprint density at radius 1 is 1.24 bits per heavy atom. The SMILES string of the molecule is CCc1ccc(NC(=O)c2n[nH]c3ccc(N)cc23)cc1. The zero-order valence-electron chi connectivity index (χ0n) is 11.7. The van der Waals surface area contributed by atoms with E-state index < -0.39 is 0 Å². The first-order valence-corrected chi connectivity index (χ1v) is 6.81. The van der Waals surface area contributed by atoms with E-state index in [1.54, 1.807) is 12.1 Å². The molecule has 3 aromatic rings. The van der Waals surface area contributed by atoms with Crippen molar-refractivity contribution in [1.29, 1.82) is 0 Å². The zero-order valence-corrected chi connectivity index (χ0v) is 11.7. The Kier molecular flexibility index (Phi) is 3.31. The molecule has 0 atom stereocenters. The van der Waals surface area contributed by atoms with Crippen LogP contribution >= 0.6 is 0 Å². The summed E-state index contributed by atoms with van der Waals surface area (Å²) in [5.74, 6) is -0.254. The van der Waals surface area contributed by atoms with Gasteiger partial charge in [0.05, 0.1) is 5.52 Å². The first-order chi connectivity index (χ1) is 10.2. The van der Waals surface area contributed by atoms with Crippen molar-refractivity contribution in [2.24, 2.45) is 0 Å². The van der Waals surface area contributed by atoms with Gasteiger partial charge in [0.2, 0.25) is 0 Å². The number of nitrogens with zero attached hydrogens (tertiary/aromatic N) is 1. The molecule has 4 N–H and O–H groups in total. The minimum absolute atomic E-state index is 0.254. The number of carbonyl (C=O) groups is 1. The van der Waals surface area contributed by atoms with Crippen LogP contribution in [-0.4, -0.2) is 16.1 Å². The lowest BCUT2D eigenvalue weighted by atomic mass is 10.1. The maximum Gasteiger partial charge on any atom is 0.276 e. The molecule has 1 aromatic heterocycles. The van der Waals surface area contributed by atoms with Crippen LogP contribution in [0.5, 0.6) is 0 Å². The van der Waals surface area contributed by atoms with Crippen LogP contribution in [0.3, 0.4) is 0 Å². The fourth-order valence-corrected chi connectivity index (χ4v) is 2.22. The molecule has 0 aliphatic heterocycles. The summed E-state index contributed by atoms with van der Waals surface area (Å²) in [6.07, 6.45) is 0.970. The van der Waals surface area contributed by atoms with Crippen molar-refractivity contribution >= 4 is 28.2 Å². The van der Waals surface area contributed by atoms with Gasteiger partial charge in [-0.05, 0) is 42.3 Å². The molecule has 0 saturated carbocycles. The summed E-state index contributed by atoms with van der Waals surface area (Å²) in [5.41, 5.74) is 9.47. The van der Waals surface area contributed by atoms with E-state index in [9.17, 15) is 4.79 Å². The molecule has 0 saturated heterocycles. The van der Waals surface area contributed by atoms with Gasteiger partial charge in [-0.25, -0.2) is 0 Å². The van der Waals surface area contributed by atoms with Crippen molar-refractivity contribution in [3.05, 3.63) is 53.7 Å². The van der Waals surface area contributed by atoms with Crippen LogP contribution in [0.1, 0.15) is 23.0 Å². The Morgan fingerprint density at radius 2 is 2.00 bits per heavy atom. The third-order valence-corrected chi connectivity index (χ3v) is 3.42. The van der Waals surface area contributed by atoms with E-state index in [-0.39, 0.29) is 5.91 Å². The molecule has 1 amide bonds. The number of nitrogen functional groups attached to an aromatic ring is 1. The predicted octanol–water partition coefficient (Wildman–Crippen LogP) is 2.96. The highest BCUT2D eigenvalue weighted by atomic mass is 16.1. The number of anilines is 2. The molecule has 0 spiro atoms. The molecule has 0 radical (unpaired) electrons. The summed E-state index contributed by atoms with van der Waals surface area (Å²) in [7, 11) is 0. The second-order valence-corrected chi connectivity index (χ2v) is 4.88. The fraction of sp³-hybridized carbons (Fsp3) is 0.125. The predicted molar refractivity (Wildman–Crippen MR) is 84.3 cm³/mol. The molecule has 1 heterocycles. The van der Waals surface area contributed by atoms with Gasteiger partial charge in [-0.15, -0.1) is 0 Å². The number of hydrogen-bond acceptors (Lipinski definition) is 3. The monoisotopic (exact) mass is 280 g/mol. The van der Waals surface area contributed by atoms with Gasteiger partial charge in [0.1, 0.15) is 0 Å². The third kappa shape index (κ3) is 2.58. The quantitative estimate of drug-likeness (QED) is 0.645. The van der Waals surface area contributed by atoms with Gasteiger partial charge in [0.15, 0.2) is 5.69 Å². The van der Waals surface area contributed by atoms with Crippen molar-refractivity contribution in [1.82, 2.24) is 10.2 Å². The Balaban J connectivity index is 1.87. The van der Waals surface area contributed by atoms with Crippen molar-refractivity contribution in [2.75, 3.05) is 11.1 Å². The van der Waals surface area contributed by atoms with Crippen molar-refractivity contribution in [2.45, 2.75) is 13.3 Å². The van der Waals surface area contributed by atoms with Crippen LogP contribution < -0.4 is 11.1 Å². The smallest absolute Gasteiger partial charge is 0.276 e. The normalized spacial score (nSPS) is 10.7. The number of benzene rings is 2. The van der Waals surface area contributed by atoms with Crippen LogP contribution in [0, 0.1) is 0 Å². The Morgan fingerprint density at radius 3 is 2.71 bits per heavy atom. The number of amides is 1. The Labute approximate surface area is 122 Å². The number of nitrogens with two attached hydrogens (primary N) is 1. The van der Waals surface area contributed by atoms with Crippen LogP contribution in [0.15, 0.2) is 42.5 Å². The van der Waals surface area contributed by atoms with Crippen LogP contribution in [0.2, 0.25) is 0 Å². The van der Waals surface area contributed by atoms with Crippen molar-refractivity contribution in [3.8, 4) is 0 Å². The first kappa shape index (κ1) is 13.2. The highest BCUT2D eigenvalue weighted by molar-refractivity contribution is 6.11. The number of aryl methyl sites for hydroxylation is 1. The molecule has 0 aliphatic carbocycles. The lowest BCUT2D eigenvalue weighted by Crippen LogP contribution is -2.12. The minimum atomic E-state index is -0.254. The minimum Gasteiger partial charge on any atom is -0.399 e. The lowest BCUT2D eigenvalue weighted by Gasteiger charge is -2.04. The number of fused-ring (bicyclic) bond motifs is 1. The number of H-pyrrole nitrogens is 1. The summed E-state index contributed by atoms with van der Waals surface area (Å²) in [4.78, 5) is 12.3. The molecule has 0 bridgehead atoms. The molecule has 0 unspecified atom stereocenters. The van der Waals surface area contributed by atoms with E-state index in [4.69, 9.17) is 5.73 Å². The summed E-state index contributed by atoms with van der Waals surface area (Å²) < 4.78 is 0.